The predicted octanol–water partition coefficient (Wildman–Crippen LogP) is 4.14. The summed E-state index contributed by atoms with van der Waals surface area (Å²) in [5.74, 6) is -1.97. The van der Waals surface area contributed by atoms with Gasteiger partial charge in [0, 0.05) is 24.0 Å². The molecule has 31 heavy (non-hydrogen) atoms. The number of fused-ring (bicyclic) bond motifs is 2. The molecular formula is C22H18Cl2N2O5. The number of nitrogens with one attached hydrogen (secondary N) is 1. The minimum Gasteiger partial charge on any atom is -0.480 e. The highest BCUT2D eigenvalue weighted by atomic mass is 35.5. The van der Waals surface area contributed by atoms with Crippen LogP contribution in [0.25, 0.3) is 11.0 Å². The summed E-state index contributed by atoms with van der Waals surface area (Å²) in [6, 6.07) is 7.65. The Hall–Kier alpha value is -3.03. The molecule has 2 amide bonds. The third-order valence-corrected chi connectivity index (χ3v) is 6.06. The van der Waals surface area contributed by atoms with Crippen molar-refractivity contribution in [2.75, 3.05) is 6.54 Å². The molecule has 160 valence electrons. The van der Waals surface area contributed by atoms with Crippen molar-refractivity contribution in [1.29, 1.82) is 0 Å². The Kier molecular flexibility index (Phi) is 5.64. The Labute approximate surface area is 187 Å². The van der Waals surface area contributed by atoms with Gasteiger partial charge < -0.3 is 19.7 Å². The van der Waals surface area contributed by atoms with Gasteiger partial charge in [0.15, 0.2) is 0 Å². The molecule has 2 aromatic carbocycles. The summed E-state index contributed by atoms with van der Waals surface area (Å²) in [5.41, 5.74) is 2.67. The minimum absolute atomic E-state index is 0.0400. The lowest BCUT2D eigenvalue weighted by molar-refractivity contribution is -0.138. The summed E-state index contributed by atoms with van der Waals surface area (Å²) in [6.45, 7) is 2.05. The van der Waals surface area contributed by atoms with Crippen molar-refractivity contribution in [3.8, 4) is 0 Å². The van der Waals surface area contributed by atoms with Crippen LogP contribution < -0.4 is 5.32 Å². The third-order valence-electron chi connectivity index (χ3n) is 5.34. The molecule has 1 aliphatic heterocycles. The maximum Gasteiger partial charge on any atom is 0.325 e. The second-order valence-electron chi connectivity index (χ2n) is 7.37. The topological polar surface area (TPSA) is 99.9 Å². The number of aliphatic carboxylic acids is 1. The second kappa shape index (κ2) is 8.24. The zero-order valence-corrected chi connectivity index (χ0v) is 18.0. The zero-order valence-electron chi connectivity index (χ0n) is 16.4. The van der Waals surface area contributed by atoms with Crippen molar-refractivity contribution >= 4 is 52.0 Å². The van der Waals surface area contributed by atoms with Crippen LogP contribution in [-0.4, -0.2) is 40.4 Å². The SMILES string of the molecule is C[C@H](NC(=O)c1c(Cl)cc2c(c1Cl)CCN(C(=O)c1ccc3ccoc3c1)C2)C(=O)O. The molecule has 3 aromatic rings. The van der Waals surface area contributed by atoms with Crippen LogP contribution in [0.15, 0.2) is 41.0 Å². The Bertz CT molecular complexity index is 1220. The highest BCUT2D eigenvalue weighted by molar-refractivity contribution is 6.40. The summed E-state index contributed by atoms with van der Waals surface area (Å²) in [7, 11) is 0. The molecule has 2 N–H and O–H groups in total. The smallest absolute Gasteiger partial charge is 0.325 e. The third kappa shape index (κ3) is 3.98. The van der Waals surface area contributed by atoms with Gasteiger partial charge in [-0.3, -0.25) is 14.4 Å². The largest absolute Gasteiger partial charge is 0.480 e. The molecule has 9 heteroatoms. The van der Waals surface area contributed by atoms with Crippen LogP contribution in [0.4, 0.5) is 0 Å². The van der Waals surface area contributed by atoms with Crippen molar-refractivity contribution < 1.29 is 23.9 Å². The second-order valence-corrected chi connectivity index (χ2v) is 8.15. The van der Waals surface area contributed by atoms with Crippen molar-refractivity contribution in [1.82, 2.24) is 10.2 Å². The quantitative estimate of drug-likeness (QED) is 0.609. The Morgan fingerprint density at radius 1 is 1.19 bits per heavy atom. The van der Waals surface area contributed by atoms with E-state index in [1.807, 2.05) is 12.1 Å². The number of carboxylic acid groups (broad SMARTS) is 1. The molecule has 0 fully saturated rings. The van der Waals surface area contributed by atoms with E-state index in [0.29, 0.717) is 24.1 Å². The molecule has 0 bridgehead atoms. The number of rotatable bonds is 4. The van der Waals surface area contributed by atoms with Gasteiger partial charge in [-0.15, -0.1) is 0 Å². The number of benzene rings is 2. The van der Waals surface area contributed by atoms with Crippen LogP contribution in [0, 0.1) is 0 Å². The molecule has 1 aliphatic rings. The van der Waals surface area contributed by atoms with Crippen molar-refractivity contribution in [2.24, 2.45) is 0 Å². The summed E-state index contributed by atoms with van der Waals surface area (Å²) >= 11 is 12.8. The van der Waals surface area contributed by atoms with Crippen LogP contribution in [0.5, 0.6) is 0 Å². The predicted molar refractivity (Wildman–Crippen MR) is 116 cm³/mol. The lowest BCUT2D eigenvalue weighted by Crippen LogP contribution is -2.39. The maximum atomic E-state index is 13.0. The number of carboxylic acids is 1. The van der Waals surface area contributed by atoms with Crippen molar-refractivity contribution in [3.63, 3.8) is 0 Å². The van der Waals surface area contributed by atoms with Crippen LogP contribution in [-0.2, 0) is 17.8 Å². The normalized spacial score (nSPS) is 14.2. The Balaban J connectivity index is 1.59. The van der Waals surface area contributed by atoms with E-state index in [1.165, 1.54) is 6.92 Å². The van der Waals surface area contributed by atoms with Crippen molar-refractivity contribution in [2.45, 2.75) is 25.9 Å². The van der Waals surface area contributed by atoms with Gasteiger partial charge in [-0.25, -0.2) is 0 Å². The van der Waals surface area contributed by atoms with E-state index in [2.05, 4.69) is 5.32 Å². The van der Waals surface area contributed by atoms with Crippen LogP contribution >= 0.6 is 23.2 Å². The van der Waals surface area contributed by atoms with Gasteiger partial charge in [-0.2, -0.15) is 0 Å². The number of nitrogens with zero attached hydrogens (tertiary/aromatic N) is 1. The van der Waals surface area contributed by atoms with Crippen LogP contribution in [0.2, 0.25) is 10.0 Å². The maximum absolute atomic E-state index is 13.0. The summed E-state index contributed by atoms with van der Waals surface area (Å²) in [6.07, 6.45) is 2.01. The molecule has 0 aliphatic carbocycles. The molecule has 0 saturated carbocycles. The first-order valence-corrected chi connectivity index (χ1v) is 10.3. The zero-order chi connectivity index (χ0) is 22.3. The first kappa shape index (κ1) is 21.2. The highest BCUT2D eigenvalue weighted by Crippen LogP contribution is 2.35. The Morgan fingerprint density at radius 3 is 2.71 bits per heavy atom. The van der Waals surface area contributed by atoms with E-state index in [1.54, 1.807) is 29.4 Å². The molecule has 0 radical (unpaired) electrons. The molecule has 0 spiro atoms. The van der Waals surface area contributed by atoms with E-state index in [-0.39, 0.29) is 28.1 Å². The molecule has 4 rings (SSSR count). The standard InChI is InChI=1S/C22H18Cl2N2O5/c1-11(22(29)30)25-20(27)18-16(23)8-14-10-26(6-4-15(14)19(18)24)21(28)13-3-2-12-5-7-31-17(12)9-13/h2-3,5,7-9,11H,4,6,10H2,1H3,(H,25,27)(H,29,30)/t11-/m0/s1. The minimum atomic E-state index is -1.17. The van der Waals surface area contributed by atoms with E-state index >= 15 is 0 Å². The van der Waals surface area contributed by atoms with Gasteiger partial charge in [0.2, 0.25) is 0 Å². The fourth-order valence-corrected chi connectivity index (χ4v) is 4.40. The number of hydrogen-bond acceptors (Lipinski definition) is 4. The van der Waals surface area contributed by atoms with E-state index < -0.39 is 17.9 Å². The molecule has 7 nitrogen and oxygen atoms in total. The first-order chi connectivity index (χ1) is 14.8. The summed E-state index contributed by atoms with van der Waals surface area (Å²) < 4.78 is 5.38. The molecule has 1 atom stereocenters. The lowest BCUT2D eigenvalue weighted by atomic mass is 9.96. The number of amides is 2. The van der Waals surface area contributed by atoms with Gasteiger partial charge >= 0.3 is 5.97 Å². The van der Waals surface area contributed by atoms with Crippen LogP contribution in [0.3, 0.4) is 0 Å². The van der Waals surface area contributed by atoms with Crippen molar-refractivity contribution in [3.05, 3.63) is 68.9 Å². The molecule has 0 saturated heterocycles. The van der Waals surface area contributed by atoms with Gasteiger partial charge in [-0.05, 0) is 48.7 Å². The van der Waals surface area contributed by atoms with Gasteiger partial charge in [0.1, 0.15) is 11.6 Å². The average Bonchev–Trinajstić information content (AvgIpc) is 3.20. The summed E-state index contributed by atoms with van der Waals surface area (Å²) in [4.78, 5) is 38.2. The fraction of sp³-hybridized carbons (Fsp3) is 0.227. The number of halogens is 2. The van der Waals surface area contributed by atoms with Gasteiger partial charge in [0.25, 0.3) is 11.8 Å². The lowest BCUT2D eigenvalue weighted by Gasteiger charge is -2.30. The van der Waals surface area contributed by atoms with E-state index in [4.69, 9.17) is 32.7 Å². The monoisotopic (exact) mass is 460 g/mol. The first-order valence-electron chi connectivity index (χ1n) is 9.56. The average molecular weight is 461 g/mol. The molecule has 2 heterocycles. The molecular weight excluding hydrogens is 443 g/mol. The van der Waals surface area contributed by atoms with Crippen LogP contribution in [0.1, 0.15) is 38.8 Å². The number of carbonyl (C=O) groups excluding carboxylic acids is 2. The number of carbonyl (C=O) groups is 3. The fourth-order valence-electron chi connectivity index (χ4n) is 3.63. The van der Waals surface area contributed by atoms with E-state index in [0.717, 1.165) is 16.5 Å². The molecule has 1 aromatic heterocycles. The number of furan rings is 1. The molecule has 0 unspecified atom stereocenters. The summed E-state index contributed by atoms with van der Waals surface area (Å²) in [5, 5.41) is 12.6. The Morgan fingerprint density at radius 2 is 1.97 bits per heavy atom. The highest BCUT2D eigenvalue weighted by Gasteiger charge is 2.28. The number of hydrogen-bond donors (Lipinski definition) is 2. The van der Waals surface area contributed by atoms with Gasteiger partial charge in [0.05, 0.1) is 21.9 Å². The van der Waals surface area contributed by atoms with E-state index in [9.17, 15) is 14.4 Å². The van der Waals surface area contributed by atoms with Gasteiger partial charge in [-0.1, -0.05) is 29.3 Å².